The molecule has 0 aromatic heterocycles. The van der Waals surface area contributed by atoms with Crippen LogP contribution in [0, 0.1) is 11.3 Å². The molecule has 1 amide bonds. The van der Waals surface area contributed by atoms with Crippen molar-refractivity contribution in [2.75, 3.05) is 5.32 Å². The van der Waals surface area contributed by atoms with Crippen molar-refractivity contribution in [3.8, 4) is 6.07 Å². The van der Waals surface area contributed by atoms with E-state index >= 15 is 0 Å². The molecule has 6 nitrogen and oxygen atoms in total. The van der Waals surface area contributed by atoms with Crippen molar-refractivity contribution in [1.29, 1.82) is 5.26 Å². The molecule has 0 spiro atoms. The molecule has 0 aliphatic rings. The number of nitrogens with zero attached hydrogens (tertiary/aromatic N) is 1. The van der Waals surface area contributed by atoms with E-state index in [1.54, 1.807) is 20.8 Å². The van der Waals surface area contributed by atoms with Gasteiger partial charge in [-0.3, -0.25) is 5.32 Å². The summed E-state index contributed by atoms with van der Waals surface area (Å²) in [6, 6.07) is 5.96. The van der Waals surface area contributed by atoms with E-state index in [9.17, 15) is 4.79 Å². The van der Waals surface area contributed by atoms with Crippen LogP contribution in [0.5, 0.6) is 0 Å². The molecule has 0 saturated heterocycles. The third kappa shape index (κ3) is 5.00. The van der Waals surface area contributed by atoms with Crippen LogP contribution in [0.15, 0.2) is 18.2 Å². The van der Waals surface area contributed by atoms with Gasteiger partial charge in [0.05, 0.1) is 11.6 Å². The largest absolute Gasteiger partial charge is 0.488 e. The second kappa shape index (κ2) is 5.74. The third-order valence-electron chi connectivity index (χ3n) is 2.03. The van der Waals surface area contributed by atoms with Crippen LogP contribution in [0.25, 0.3) is 0 Å². The molecule has 0 radical (unpaired) electrons. The van der Waals surface area contributed by atoms with Crippen LogP contribution in [0.1, 0.15) is 26.3 Å². The van der Waals surface area contributed by atoms with Crippen LogP contribution in [-0.4, -0.2) is 28.9 Å². The summed E-state index contributed by atoms with van der Waals surface area (Å²) in [6.07, 6.45) is -0.680. The second-order valence-electron chi connectivity index (χ2n) is 4.96. The molecule has 0 fully saturated rings. The fourth-order valence-electron chi connectivity index (χ4n) is 1.36. The Morgan fingerprint density at radius 2 is 2.00 bits per heavy atom. The van der Waals surface area contributed by atoms with Gasteiger partial charge in [-0.05, 0) is 44.4 Å². The molecule has 0 aliphatic heterocycles. The second-order valence-corrected chi connectivity index (χ2v) is 4.96. The zero-order valence-corrected chi connectivity index (χ0v) is 11.0. The Morgan fingerprint density at radius 3 is 2.47 bits per heavy atom. The van der Waals surface area contributed by atoms with Gasteiger partial charge < -0.3 is 14.8 Å². The number of ether oxygens (including phenoxy) is 1. The van der Waals surface area contributed by atoms with Crippen molar-refractivity contribution in [3.05, 3.63) is 23.8 Å². The number of rotatable bonds is 2. The monoisotopic (exact) mass is 262 g/mol. The van der Waals surface area contributed by atoms with Crippen LogP contribution >= 0.6 is 0 Å². The predicted octanol–water partition coefficient (Wildman–Crippen LogP) is 0.585. The zero-order chi connectivity index (χ0) is 14.6. The molecule has 1 aromatic rings. The van der Waals surface area contributed by atoms with Crippen LogP contribution in [0.3, 0.4) is 0 Å². The molecular weight excluding hydrogens is 247 g/mol. The van der Waals surface area contributed by atoms with Crippen molar-refractivity contribution >= 4 is 24.4 Å². The number of hydrogen-bond acceptors (Lipinski definition) is 5. The minimum absolute atomic E-state index is 0.116. The minimum Gasteiger partial charge on any atom is -0.444 e. The van der Waals surface area contributed by atoms with Crippen molar-refractivity contribution in [2.45, 2.75) is 26.4 Å². The van der Waals surface area contributed by atoms with Crippen molar-refractivity contribution in [1.82, 2.24) is 0 Å². The maximum atomic E-state index is 11.6. The van der Waals surface area contributed by atoms with E-state index in [2.05, 4.69) is 5.32 Å². The molecule has 19 heavy (non-hydrogen) atoms. The first-order valence-electron chi connectivity index (χ1n) is 5.62. The highest BCUT2D eigenvalue weighted by molar-refractivity contribution is 6.58. The predicted molar refractivity (Wildman–Crippen MR) is 70.8 cm³/mol. The molecule has 0 bridgehead atoms. The Labute approximate surface area is 111 Å². The molecule has 100 valence electrons. The van der Waals surface area contributed by atoms with Gasteiger partial charge in [-0.1, -0.05) is 0 Å². The Balaban J connectivity index is 2.92. The Hall–Kier alpha value is -2.04. The van der Waals surface area contributed by atoms with Crippen LogP contribution in [-0.2, 0) is 4.74 Å². The highest BCUT2D eigenvalue weighted by atomic mass is 16.6. The van der Waals surface area contributed by atoms with E-state index in [1.807, 2.05) is 6.07 Å². The average Bonchev–Trinajstić information content (AvgIpc) is 2.25. The molecule has 0 heterocycles. The number of carbonyl (C=O) groups excluding carboxylic acids is 1. The fourth-order valence-corrected chi connectivity index (χ4v) is 1.36. The van der Waals surface area contributed by atoms with Crippen LogP contribution in [0.2, 0.25) is 0 Å². The summed E-state index contributed by atoms with van der Waals surface area (Å²) >= 11 is 0. The molecule has 1 rings (SSSR count). The Morgan fingerprint density at radius 1 is 1.37 bits per heavy atom. The van der Waals surface area contributed by atoms with Gasteiger partial charge in [-0.15, -0.1) is 0 Å². The first-order chi connectivity index (χ1) is 8.71. The molecular formula is C12H15BN2O4. The number of nitrogens with one attached hydrogen (secondary N) is 1. The highest BCUT2D eigenvalue weighted by Crippen LogP contribution is 2.12. The summed E-state index contributed by atoms with van der Waals surface area (Å²) in [4.78, 5) is 11.6. The number of carbonyl (C=O) groups is 1. The number of nitriles is 1. The lowest BCUT2D eigenvalue weighted by Crippen LogP contribution is -2.31. The molecule has 0 aliphatic carbocycles. The van der Waals surface area contributed by atoms with Crippen molar-refractivity contribution in [3.63, 3.8) is 0 Å². The quantitative estimate of drug-likeness (QED) is 0.676. The standard InChI is InChI=1S/C12H15BN2O4/c1-12(2,3)19-11(16)15-10-5-8(7-14)4-9(6-10)13(17)18/h4-6,17-18H,1-3H3,(H,15,16). The van der Waals surface area contributed by atoms with E-state index in [-0.39, 0.29) is 16.7 Å². The van der Waals surface area contributed by atoms with E-state index in [1.165, 1.54) is 18.2 Å². The van der Waals surface area contributed by atoms with E-state index in [0.717, 1.165) is 0 Å². The van der Waals surface area contributed by atoms with E-state index < -0.39 is 18.8 Å². The van der Waals surface area contributed by atoms with Gasteiger partial charge in [0.2, 0.25) is 0 Å². The Bertz CT molecular complexity index is 517. The van der Waals surface area contributed by atoms with Gasteiger partial charge >= 0.3 is 13.2 Å². The van der Waals surface area contributed by atoms with Gasteiger partial charge in [0.15, 0.2) is 0 Å². The number of hydrogen-bond donors (Lipinski definition) is 3. The lowest BCUT2D eigenvalue weighted by Gasteiger charge is -2.19. The normalized spacial score (nSPS) is 10.5. The molecule has 1 aromatic carbocycles. The SMILES string of the molecule is CC(C)(C)OC(=O)Nc1cc(C#N)cc(B(O)O)c1. The number of amides is 1. The first kappa shape index (κ1) is 15.0. The van der Waals surface area contributed by atoms with Crippen molar-refractivity contribution < 1.29 is 19.6 Å². The maximum Gasteiger partial charge on any atom is 0.488 e. The van der Waals surface area contributed by atoms with Gasteiger partial charge in [0, 0.05) is 5.69 Å². The van der Waals surface area contributed by atoms with Gasteiger partial charge in [0.25, 0.3) is 0 Å². The molecule has 0 unspecified atom stereocenters. The topological polar surface area (TPSA) is 103 Å². The third-order valence-corrected chi connectivity index (χ3v) is 2.03. The summed E-state index contributed by atoms with van der Waals surface area (Å²) < 4.78 is 5.06. The molecule has 0 saturated carbocycles. The summed E-state index contributed by atoms with van der Waals surface area (Å²) in [5.74, 6) is 0. The van der Waals surface area contributed by atoms with E-state index in [4.69, 9.17) is 20.0 Å². The molecule has 0 atom stereocenters. The summed E-state index contributed by atoms with van der Waals surface area (Å²) in [5, 5.41) is 29.4. The molecule has 7 heteroatoms. The Kier molecular flexibility index (Phi) is 4.54. The summed E-state index contributed by atoms with van der Waals surface area (Å²) in [5.41, 5.74) is -0.0610. The average molecular weight is 262 g/mol. The van der Waals surface area contributed by atoms with Gasteiger partial charge in [-0.25, -0.2) is 4.79 Å². The summed E-state index contributed by atoms with van der Waals surface area (Å²) in [7, 11) is -1.72. The molecule has 3 N–H and O–H groups in total. The van der Waals surface area contributed by atoms with Gasteiger partial charge in [-0.2, -0.15) is 5.26 Å². The summed E-state index contributed by atoms with van der Waals surface area (Å²) in [6.45, 7) is 5.17. The highest BCUT2D eigenvalue weighted by Gasteiger charge is 2.18. The number of benzene rings is 1. The minimum atomic E-state index is -1.72. The smallest absolute Gasteiger partial charge is 0.444 e. The lowest BCUT2D eigenvalue weighted by atomic mass is 9.79. The van der Waals surface area contributed by atoms with Gasteiger partial charge in [0.1, 0.15) is 5.60 Å². The zero-order valence-electron chi connectivity index (χ0n) is 11.0. The maximum absolute atomic E-state index is 11.6. The first-order valence-corrected chi connectivity index (χ1v) is 5.62. The van der Waals surface area contributed by atoms with Crippen LogP contribution < -0.4 is 10.8 Å². The van der Waals surface area contributed by atoms with E-state index in [0.29, 0.717) is 0 Å². The number of anilines is 1. The van der Waals surface area contributed by atoms with Crippen LogP contribution in [0.4, 0.5) is 10.5 Å². The van der Waals surface area contributed by atoms with Crippen molar-refractivity contribution in [2.24, 2.45) is 0 Å². The fraction of sp³-hybridized carbons (Fsp3) is 0.333. The lowest BCUT2D eigenvalue weighted by molar-refractivity contribution is 0.0636.